The third-order valence-electron chi connectivity index (χ3n) is 5.95. The van der Waals surface area contributed by atoms with Gasteiger partial charge in [-0.25, -0.2) is 8.42 Å². The van der Waals surface area contributed by atoms with Gasteiger partial charge in [0.1, 0.15) is 11.8 Å². The van der Waals surface area contributed by atoms with E-state index in [2.05, 4.69) is 0 Å². The van der Waals surface area contributed by atoms with Gasteiger partial charge in [-0.1, -0.05) is 48.5 Å². The number of alkyl halides is 3. The van der Waals surface area contributed by atoms with Crippen molar-refractivity contribution in [2.45, 2.75) is 29.1 Å². The maximum absolute atomic E-state index is 13.3. The number of aliphatic carboxylic acids is 1. The molecule has 1 atom stereocenters. The highest BCUT2D eigenvalue weighted by Crippen LogP contribution is 2.41. The largest absolute Gasteiger partial charge is 0.480 e. The van der Waals surface area contributed by atoms with Crippen LogP contribution >= 0.6 is 0 Å². The summed E-state index contributed by atoms with van der Waals surface area (Å²) < 4.78 is 73.4. The zero-order chi connectivity index (χ0) is 26.1. The molecule has 3 N–H and O–H groups in total. The smallest absolute Gasteiger partial charge is 0.416 e. The van der Waals surface area contributed by atoms with Crippen molar-refractivity contribution in [3.63, 3.8) is 0 Å². The predicted molar refractivity (Wildman–Crippen MR) is 125 cm³/mol. The summed E-state index contributed by atoms with van der Waals surface area (Å²) in [4.78, 5) is 11.0. The molecule has 4 rings (SSSR count). The Morgan fingerprint density at radius 1 is 1.03 bits per heavy atom. The second kappa shape index (κ2) is 9.57. The summed E-state index contributed by atoms with van der Waals surface area (Å²) in [5.41, 5.74) is 4.57. The molecule has 3 aromatic rings. The van der Waals surface area contributed by atoms with Gasteiger partial charge in [0, 0.05) is 0 Å². The number of benzene rings is 3. The van der Waals surface area contributed by atoms with Crippen molar-refractivity contribution in [2.75, 3.05) is 13.1 Å². The maximum atomic E-state index is 13.3. The van der Waals surface area contributed by atoms with Gasteiger partial charge in [-0.15, -0.1) is 0 Å². The SMILES string of the molecule is NC(Cc1cccc(S(=O)(=O)N2CC(Oc3cccc(C(F)(F)F)c3)(c3ccccc3)C2)c1)C(=O)O. The third-order valence-corrected chi connectivity index (χ3v) is 7.73. The monoisotopic (exact) mass is 520 g/mol. The van der Waals surface area contributed by atoms with Crippen LogP contribution in [-0.2, 0) is 33.0 Å². The normalized spacial score (nSPS) is 16.7. The molecule has 0 aromatic heterocycles. The van der Waals surface area contributed by atoms with E-state index in [-0.39, 0.29) is 30.2 Å². The summed E-state index contributed by atoms with van der Waals surface area (Å²) in [6.45, 7) is -0.261. The summed E-state index contributed by atoms with van der Waals surface area (Å²) in [7, 11) is -4.00. The minimum atomic E-state index is -4.55. The van der Waals surface area contributed by atoms with E-state index in [9.17, 15) is 26.4 Å². The molecular formula is C25H23F3N2O5S. The van der Waals surface area contributed by atoms with E-state index in [4.69, 9.17) is 15.6 Å². The molecule has 0 bridgehead atoms. The van der Waals surface area contributed by atoms with E-state index in [0.29, 0.717) is 11.1 Å². The highest BCUT2D eigenvalue weighted by molar-refractivity contribution is 7.89. The number of rotatable bonds is 8. The van der Waals surface area contributed by atoms with Crippen LogP contribution in [0.5, 0.6) is 5.75 Å². The minimum absolute atomic E-state index is 0.0321. The molecular weight excluding hydrogens is 497 g/mol. The maximum Gasteiger partial charge on any atom is 0.416 e. The number of nitrogens with zero attached hydrogens (tertiary/aromatic N) is 1. The number of halogens is 3. The molecule has 0 spiro atoms. The summed E-state index contributed by atoms with van der Waals surface area (Å²) in [6, 6.07) is 17.8. The lowest BCUT2D eigenvalue weighted by atomic mass is 9.87. The summed E-state index contributed by atoms with van der Waals surface area (Å²) >= 11 is 0. The number of ether oxygens (including phenoxy) is 1. The van der Waals surface area contributed by atoms with Crippen LogP contribution in [0.15, 0.2) is 83.8 Å². The molecule has 0 saturated carbocycles. The highest BCUT2D eigenvalue weighted by atomic mass is 32.2. The molecule has 1 aliphatic heterocycles. The van der Waals surface area contributed by atoms with Gasteiger partial charge in [-0.2, -0.15) is 17.5 Å². The first kappa shape index (κ1) is 25.7. The van der Waals surface area contributed by atoms with Crippen LogP contribution in [0.4, 0.5) is 13.2 Å². The molecule has 190 valence electrons. The van der Waals surface area contributed by atoms with E-state index in [1.54, 1.807) is 36.4 Å². The van der Waals surface area contributed by atoms with E-state index in [0.717, 1.165) is 12.1 Å². The van der Waals surface area contributed by atoms with Crippen LogP contribution in [0.1, 0.15) is 16.7 Å². The lowest BCUT2D eigenvalue weighted by molar-refractivity contribution is -0.139. The van der Waals surface area contributed by atoms with Gasteiger partial charge in [0.15, 0.2) is 5.60 Å². The third kappa shape index (κ3) is 5.23. The Balaban J connectivity index is 1.61. The predicted octanol–water partition coefficient (Wildman–Crippen LogP) is 3.64. The van der Waals surface area contributed by atoms with Crippen LogP contribution in [0.3, 0.4) is 0 Å². The Kier molecular flexibility index (Phi) is 6.82. The number of hydrogen-bond acceptors (Lipinski definition) is 5. The van der Waals surface area contributed by atoms with E-state index < -0.39 is 39.4 Å². The van der Waals surface area contributed by atoms with Crippen molar-refractivity contribution < 1.29 is 36.2 Å². The second-order valence-electron chi connectivity index (χ2n) is 8.56. The summed E-state index contributed by atoms with van der Waals surface area (Å²) in [6.07, 6.45) is -4.60. The summed E-state index contributed by atoms with van der Waals surface area (Å²) in [5, 5.41) is 9.03. The number of carboxylic acid groups (broad SMARTS) is 1. The average Bonchev–Trinajstić information content (AvgIpc) is 2.81. The van der Waals surface area contributed by atoms with Gasteiger partial charge in [0.2, 0.25) is 10.0 Å². The lowest BCUT2D eigenvalue weighted by Gasteiger charge is -2.49. The Morgan fingerprint density at radius 3 is 2.33 bits per heavy atom. The van der Waals surface area contributed by atoms with Gasteiger partial charge in [-0.05, 0) is 47.9 Å². The van der Waals surface area contributed by atoms with Gasteiger partial charge in [-0.3, -0.25) is 4.79 Å². The van der Waals surface area contributed by atoms with Crippen molar-refractivity contribution >= 4 is 16.0 Å². The van der Waals surface area contributed by atoms with Crippen molar-refractivity contribution in [2.24, 2.45) is 5.73 Å². The number of hydrogen-bond donors (Lipinski definition) is 2. The summed E-state index contributed by atoms with van der Waals surface area (Å²) in [5.74, 6) is -1.24. The minimum Gasteiger partial charge on any atom is -0.480 e. The fourth-order valence-corrected chi connectivity index (χ4v) is 5.63. The topological polar surface area (TPSA) is 110 Å². The molecule has 36 heavy (non-hydrogen) atoms. The zero-order valence-electron chi connectivity index (χ0n) is 18.9. The lowest BCUT2D eigenvalue weighted by Crippen LogP contribution is -2.64. The molecule has 0 radical (unpaired) electrons. The number of sulfonamides is 1. The molecule has 0 aliphatic carbocycles. The first-order valence-electron chi connectivity index (χ1n) is 10.9. The molecule has 1 fully saturated rings. The van der Waals surface area contributed by atoms with Gasteiger partial charge in [0.25, 0.3) is 0 Å². The Morgan fingerprint density at radius 2 is 1.69 bits per heavy atom. The Bertz CT molecular complexity index is 1360. The van der Waals surface area contributed by atoms with Crippen LogP contribution in [0, 0.1) is 0 Å². The average molecular weight is 521 g/mol. The highest BCUT2D eigenvalue weighted by Gasteiger charge is 2.52. The molecule has 1 saturated heterocycles. The quantitative estimate of drug-likeness (QED) is 0.469. The molecule has 11 heteroatoms. The van der Waals surface area contributed by atoms with Crippen molar-refractivity contribution in [1.82, 2.24) is 4.31 Å². The van der Waals surface area contributed by atoms with Gasteiger partial charge in [0.05, 0.1) is 23.5 Å². The van der Waals surface area contributed by atoms with E-state index in [1.807, 2.05) is 0 Å². The van der Waals surface area contributed by atoms with Crippen molar-refractivity contribution in [1.29, 1.82) is 0 Å². The molecule has 1 unspecified atom stereocenters. The van der Waals surface area contributed by atoms with Crippen LogP contribution in [0.2, 0.25) is 0 Å². The Hall–Kier alpha value is -3.41. The molecule has 7 nitrogen and oxygen atoms in total. The first-order chi connectivity index (χ1) is 16.9. The molecule has 1 heterocycles. The molecule has 0 amide bonds. The number of carboxylic acids is 1. The number of carbonyl (C=O) groups is 1. The van der Waals surface area contributed by atoms with Gasteiger partial charge < -0.3 is 15.6 Å². The fraction of sp³-hybridized carbons (Fsp3) is 0.240. The van der Waals surface area contributed by atoms with Crippen molar-refractivity contribution in [3.05, 3.63) is 95.6 Å². The molecule has 1 aliphatic rings. The van der Waals surface area contributed by atoms with Crippen LogP contribution in [0.25, 0.3) is 0 Å². The van der Waals surface area contributed by atoms with Crippen LogP contribution < -0.4 is 10.5 Å². The fourth-order valence-electron chi connectivity index (χ4n) is 4.03. The standard InChI is InChI=1S/C25H23F3N2O5S/c26-25(27,28)19-9-5-10-20(14-19)35-24(18-7-2-1-3-8-18)15-30(16-24)36(33,34)21-11-4-6-17(12-21)13-22(29)23(31)32/h1-12,14,22H,13,15-16,29H2,(H,31,32). The van der Waals surface area contributed by atoms with E-state index in [1.165, 1.54) is 34.6 Å². The van der Waals surface area contributed by atoms with Crippen molar-refractivity contribution in [3.8, 4) is 5.75 Å². The second-order valence-corrected chi connectivity index (χ2v) is 10.5. The van der Waals surface area contributed by atoms with E-state index >= 15 is 0 Å². The van der Waals surface area contributed by atoms with Crippen LogP contribution in [-0.4, -0.2) is 42.9 Å². The zero-order valence-corrected chi connectivity index (χ0v) is 19.7. The molecule has 3 aromatic carbocycles. The first-order valence-corrected chi connectivity index (χ1v) is 12.3. The number of nitrogens with two attached hydrogens (primary N) is 1. The van der Waals surface area contributed by atoms with Gasteiger partial charge >= 0.3 is 12.1 Å². The Labute approximate surface area is 206 Å².